The maximum Gasteiger partial charge on any atom is 0.271 e. The highest BCUT2D eigenvalue weighted by atomic mass is 16.5. The van der Waals surface area contributed by atoms with Gasteiger partial charge in [0.25, 0.3) is 5.91 Å². The lowest BCUT2D eigenvalue weighted by Crippen LogP contribution is -2.65. The van der Waals surface area contributed by atoms with Crippen molar-refractivity contribution in [2.45, 2.75) is 83.5 Å². The van der Waals surface area contributed by atoms with Gasteiger partial charge in [-0.25, -0.2) is 0 Å². The molecule has 1 unspecified atom stereocenters. The molecule has 1 aromatic heterocycles. The average Bonchev–Trinajstić information content (AvgIpc) is 3.23. The zero-order valence-corrected chi connectivity index (χ0v) is 20.2. The Labute approximate surface area is 197 Å². The smallest absolute Gasteiger partial charge is 0.271 e. The molecule has 0 saturated heterocycles. The molecule has 2 heterocycles. The van der Waals surface area contributed by atoms with Gasteiger partial charge >= 0.3 is 0 Å². The number of ether oxygens (including phenoxy) is 1. The van der Waals surface area contributed by atoms with E-state index in [4.69, 9.17) is 4.74 Å². The number of hydrogen-bond donors (Lipinski definition) is 1. The number of hydrogen-bond acceptors (Lipinski definition) is 3. The summed E-state index contributed by atoms with van der Waals surface area (Å²) in [6.45, 7) is 7.43. The molecule has 1 fully saturated rings. The van der Waals surface area contributed by atoms with E-state index in [2.05, 4.69) is 5.32 Å². The van der Waals surface area contributed by atoms with Crippen molar-refractivity contribution < 1.29 is 14.3 Å². The number of nitrogens with one attached hydrogen (secondary N) is 1. The zero-order chi connectivity index (χ0) is 23.4. The Bertz CT molecular complexity index is 962. The van der Waals surface area contributed by atoms with E-state index in [1.54, 1.807) is 4.90 Å². The molecule has 2 amide bonds. The second-order valence-corrected chi connectivity index (χ2v) is 9.87. The van der Waals surface area contributed by atoms with Crippen LogP contribution < -0.4 is 5.32 Å². The first-order valence-electron chi connectivity index (χ1n) is 12.4. The second kappa shape index (κ2) is 10.1. The van der Waals surface area contributed by atoms with Crippen LogP contribution in [0.5, 0.6) is 0 Å². The van der Waals surface area contributed by atoms with Gasteiger partial charge in [-0.05, 0) is 57.7 Å². The van der Waals surface area contributed by atoms with Gasteiger partial charge in [-0.15, -0.1) is 0 Å². The van der Waals surface area contributed by atoms with Crippen molar-refractivity contribution in [2.75, 3.05) is 13.2 Å². The molecule has 33 heavy (non-hydrogen) atoms. The molecule has 2 aromatic rings. The Balaban J connectivity index is 1.63. The molecule has 0 bridgehead atoms. The van der Waals surface area contributed by atoms with E-state index in [9.17, 15) is 9.59 Å². The van der Waals surface area contributed by atoms with Gasteiger partial charge in [0.05, 0.1) is 12.6 Å². The van der Waals surface area contributed by atoms with Crippen LogP contribution in [-0.4, -0.2) is 52.1 Å². The standard InChI is InChI=1S/C27H37N3O3/c1-20(2)33-18-10-17-30-25(31)24-16-15-23(21-11-6-4-7-12-21)29(24)19-27(30,3)26(32)28-22-13-8-5-9-14-22/h4,6-7,11-12,15-16,20,22H,5,8-10,13-14,17-19H2,1-3H3,(H,28,32). The Morgan fingerprint density at radius 3 is 2.48 bits per heavy atom. The van der Waals surface area contributed by atoms with Crippen LogP contribution in [0.1, 0.15) is 69.8 Å². The molecule has 2 aliphatic rings. The summed E-state index contributed by atoms with van der Waals surface area (Å²) in [7, 11) is 0. The van der Waals surface area contributed by atoms with Gasteiger partial charge in [-0.1, -0.05) is 49.6 Å². The highest BCUT2D eigenvalue weighted by Crippen LogP contribution is 2.33. The van der Waals surface area contributed by atoms with Gasteiger partial charge in [0.2, 0.25) is 5.91 Å². The normalized spacial score (nSPS) is 21.3. The monoisotopic (exact) mass is 451 g/mol. The molecular formula is C27H37N3O3. The maximum atomic E-state index is 13.7. The quantitative estimate of drug-likeness (QED) is 0.595. The molecule has 1 aromatic carbocycles. The summed E-state index contributed by atoms with van der Waals surface area (Å²) in [5.41, 5.74) is 1.70. The first-order valence-corrected chi connectivity index (χ1v) is 12.4. The minimum Gasteiger partial charge on any atom is -0.379 e. The van der Waals surface area contributed by atoms with Crippen LogP contribution in [-0.2, 0) is 16.1 Å². The van der Waals surface area contributed by atoms with E-state index >= 15 is 0 Å². The van der Waals surface area contributed by atoms with E-state index in [0.29, 0.717) is 31.8 Å². The highest BCUT2D eigenvalue weighted by Gasteiger charge is 2.48. The fourth-order valence-electron chi connectivity index (χ4n) is 5.11. The van der Waals surface area contributed by atoms with Crippen LogP contribution in [0, 0.1) is 0 Å². The van der Waals surface area contributed by atoms with Crippen LogP contribution in [0.4, 0.5) is 0 Å². The number of carbonyl (C=O) groups is 2. The minimum atomic E-state index is -0.956. The number of benzene rings is 1. The number of aromatic nitrogens is 1. The van der Waals surface area contributed by atoms with Crippen LogP contribution in [0.2, 0.25) is 0 Å². The Kier molecular flexibility index (Phi) is 7.23. The topological polar surface area (TPSA) is 63.6 Å². The SMILES string of the molecule is CC(C)OCCCN1C(=O)c2ccc(-c3ccccc3)n2CC1(C)C(=O)NC1CCCCC1. The molecule has 0 spiro atoms. The molecule has 0 radical (unpaired) electrons. The lowest BCUT2D eigenvalue weighted by atomic mass is 9.91. The first kappa shape index (κ1) is 23.6. The van der Waals surface area contributed by atoms with Crippen molar-refractivity contribution in [3.05, 3.63) is 48.2 Å². The molecule has 1 aliphatic heterocycles. The predicted molar refractivity (Wildman–Crippen MR) is 130 cm³/mol. The Morgan fingerprint density at radius 2 is 1.79 bits per heavy atom. The van der Waals surface area contributed by atoms with Gasteiger partial charge in [-0.2, -0.15) is 0 Å². The third-order valence-corrected chi connectivity index (χ3v) is 6.98. The van der Waals surface area contributed by atoms with Crippen LogP contribution >= 0.6 is 0 Å². The molecule has 6 nitrogen and oxygen atoms in total. The van der Waals surface area contributed by atoms with Crippen molar-refractivity contribution in [2.24, 2.45) is 0 Å². The summed E-state index contributed by atoms with van der Waals surface area (Å²) in [6, 6.07) is 14.1. The summed E-state index contributed by atoms with van der Waals surface area (Å²) in [5, 5.41) is 3.29. The van der Waals surface area contributed by atoms with Gasteiger partial charge < -0.3 is 19.5 Å². The zero-order valence-electron chi connectivity index (χ0n) is 20.2. The molecule has 6 heteroatoms. The fraction of sp³-hybridized carbons (Fsp3) is 0.556. The lowest BCUT2D eigenvalue weighted by molar-refractivity contribution is -0.134. The fourth-order valence-corrected chi connectivity index (χ4v) is 5.11. The van der Waals surface area contributed by atoms with Gasteiger partial charge in [-0.3, -0.25) is 9.59 Å². The third-order valence-electron chi connectivity index (χ3n) is 6.98. The molecule has 178 valence electrons. The summed E-state index contributed by atoms with van der Waals surface area (Å²) >= 11 is 0. The van der Waals surface area contributed by atoms with Gasteiger partial charge in [0.15, 0.2) is 0 Å². The van der Waals surface area contributed by atoms with E-state index in [1.165, 1.54) is 6.42 Å². The van der Waals surface area contributed by atoms with Gasteiger partial charge in [0.1, 0.15) is 11.2 Å². The number of amides is 2. The number of fused-ring (bicyclic) bond motifs is 1. The van der Waals surface area contributed by atoms with Crippen LogP contribution in [0.25, 0.3) is 11.3 Å². The Hall–Kier alpha value is -2.60. The number of rotatable bonds is 8. The van der Waals surface area contributed by atoms with Crippen molar-refractivity contribution >= 4 is 11.8 Å². The van der Waals surface area contributed by atoms with Crippen molar-refractivity contribution in [3.63, 3.8) is 0 Å². The Morgan fingerprint density at radius 1 is 1.09 bits per heavy atom. The third kappa shape index (κ3) is 5.01. The molecular weight excluding hydrogens is 414 g/mol. The van der Waals surface area contributed by atoms with Crippen molar-refractivity contribution in [3.8, 4) is 11.3 Å². The molecule has 1 saturated carbocycles. The van der Waals surface area contributed by atoms with E-state index in [1.807, 2.05) is 67.8 Å². The van der Waals surface area contributed by atoms with Crippen molar-refractivity contribution in [1.29, 1.82) is 0 Å². The first-order chi connectivity index (χ1) is 15.9. The molecule has 1 N–H and O–H groups in total. The van der Waals surface area contributed by atoms with Crippen molar-refractivity contribution in [1.82, 2.24) is 14.8 Å². The van der Waals surface area contributed by atoms with E-state index in [0.717, 1.165) is 36.9 Å². The summed E-state index contributed by atoms with van der Waals surface area (Å²) in [5.74, 6) is -0.139. The number of carbonyl (C=O) groups excluding carboxylic acids is 2. The average molecular weight is 452 g/mol. The molecule has 1 aliphatic carbocycles. The summed E-state index contributed by atoms with van der Waals surface area (Å²) in [4.78, 5) is 29.2. The highest BCUT2D eigenvalue weighted by molar-refractivity contribution is 6.00. The minimum absolute atomic E-state index is 0.0501. The largest absolute Gasteiger partial charge is 0.379 e. The van der Waals surface area contributed by atoms with Crippen LogP contribution in [0.3, 0.4) is 0 Å². The van der Waals surface area contributed by atoms with Gasteiger partial charge in [0, 0.05) is 24.9 Å². The lowest BCUT2D eigenvalue weighted by Gasteiger charge is -2.45. The maximum absolute atomic E-state index is 13.7. The van der Waals surface area contributed by atoms with E-state index < -0.39 is 5.54 Å². The van der Waals surface area contributed by atoms with Crippen LogP contribution in [0.15, 0.2) is 42.5 Å². The second-order valence-electron chi connectivity index (χ2n) is 9.87. The molecule has 1 atom stereocenters. The van der Waals surface area contributed by atoms with E-state index in [-0.39, 0.29) is 24.0 Å². The molecule has 4 rings (SSSR count). The predicted octanol–water partition coefficient (Wildman–Crippen LogP) is 4.63. The summed E-state index contributed by atoms with van der Waals surface area (Å²) in [6.07, 6.45) is 6.41. The summed E-state index contributed by atoms with van der Waals surface area (Å²) < 4.78 is 7.73. The number of nitrogens with zero attached hydrogens (tertiary/aromatic N) is 2.